The molecule has 3 aromatic carbocycles. The molecule has 1 N–H and O–H groups in total. The molecule has 34 heavy (non-hydrogen) atoms. The highest BCUT2D eigenvalue weighted by molar-refractivity contribution is 5.90. The van der Waals surface area contributed by atoms with E-state index in [0.717, 1.165) is 16.8 Å². The quantitative estimate of drug-likeness (QED) is 0.390. The van der Waals surface area contributed by atoms with Crippen molar-refractivity contribution in [3.05, 3.63) is 120 Å². The summed E-state index contributed by atoms with van der Waals surface area (Å²) in [5.74, 6) is 0.415. The highest BCUT2D eigenvalue weighted by atomic mass is 19.1. The van der Waals surface area contributed by atoms with Crippen molar-refractivity contribution in [1.82, 2.24) is 9.88 Å². The zero-order valence-corrected chi connectivity index (χ0v) is 18.1. The Balaban J connectivity index is 1.34. The van der Waals surface area contributed by atoms with Crippen molar-refractivity contribution in [2.75, 3.05) is 11.9 Å². The Labute approximate surface area is 195 Å². The van der Waals surface area contributed by atoms with Crippen LogP contribution < -0.4 is 10.1 Å². The molecule has 7 heteroatoms. The molecule has 1 aromatic heterocycles. The second-order valence-corrected chi connectivity index (χ2v) is 7.95. The molecule has 1 unspecified atom stereocenters. The maximum atomic E-state index is 13.5. The van der Waals surface area contributed by atoms with Gasteiger partial charge in [-0.15, -0.1) is 0 Å². The Morgan fingerprint density at radius 3 is 2.18 bits per heavy atom. The Bertz CT molecular complexity index is 1290. The second kappa shape index (κ2) is 9.31. The topological polar surface area (TPSA) is 54.5 Å². The summed E-state index contributed by atoms with van der Waals surface area (Å²) in [7, 11) is 0. The zero-order chi connectivity index (χ0) is 23.5. The predicted molar refractivity (Wildman–Crippen MR) is 125 cm³/mol. The molecule has 0 aliphatic carbocycles. The number of nitrogens with one attached hydrogen (secondary N) is 1. The summed E-state index contributed by atoms with van der Waals surface area (Å²) < 4.78 is 32.3. The standard InChI is InChI=1S/C27H21F2N3O2/c28-19-5-3-18(4-6-19)26-24-2-1-16-30-25(24)15-17-32(26)27(33)31-21-9-13-23(14-10-21)34-22-11-7-20(29)8-12-22/h1-14,16,26H,15,17H2,(H,31,33). The monoisotopic (exact) mass is 457 g/mol. The average Bonchev–Trinajstić information content (AvgIpc) is 2.86. The molecule has 5 nitrogen and oxygen atoms in total. The number of nitrogens with zero attached hydrogens (tertiary/aromatic N) is 2. The molecule has 1 atom stereocenters. The Morgan fingerprint density at radius 1 is 0.882 bits per heavy atom. The fraction of sp³-hybridized carbons (Fsp3) is 0.111. The number of anilines is 1. The molecule has 5 rings (SSSR count). The van der Waals surface area contributed by atoms with Crippen molar-refractivity contribution in [3.8, 4) is 11.5 Å². The van der Waals surface area contributed by atoms with Crippen molar-refractivity contribution < 1.29 is 18.3 Å². The van der Waals surface area contributed by atoms with Crippen LogP contribution in [0.15, 0.2) is 91.1 Å². The van der Waals surface area contributed by atoms with E-state index in [1.54, 1.807) is 59.6 Å². The number of carbonyl (C=O) groups is 1. The van der Waals surface area contributed by atoms with Gasteiger partial charge < -0.3 is 15.0 Å². The number of carbonyl (C=O) groups excluding carboxylic acids is 1. The van der Waals surface area contributed by atoms with Crippen molar-refractivity contribution in [2.24, 2.45) is 0 Å². The number of pyridine rings is 1. The molecule has 2 heterocycles. The van der Waals surface area contributed by atoms with Crippen LogP contribution in [-0.2, 0) is 6.42 Å². The molecule has 2 amide bonds. The lowest BCUT2D eigenvalue weighted by Crippen LogP contribution is -2.43. The number of benzene rings is 3. The van der Waals surface area contributed by atoms with E-state index >= 15 is 0 Å². The van der Waals surface area contributed by atoms with Gasteiger partial charge in [-0.3, -0.25) is 4.98 Å². The molecule has 0 fully saturated rings. The first-order valence-corrected chi connectivity index (χ1v) is 10.9. The lowest BCUT2D eigenvalue weighted by Gasteiger charge is -2.37. The SMILES string of the molecule is O=C(Nc1ccc(Oc2ccc(F)cc2)cc1)N1CCc2ncccc2C1c1ccc(F)cc1. The third kappa shape index (κ3) is 4.59. The number of halogens is 2. The molecule has 0 bridgehead atoms. The van der Waals surface area contributed by atoms with E-state index in [4.69, 9.17) is 4.74 Å². The van der Waals surface area contributed by atoms with Crippen LogP contribution in [0.25, 0.3) is 0 Å². The molecule has 0 saturated heterocycles. The van der Waals surface area contributed by atoms with Crippen LogP contribution in [0.1, 0.15) is 22.9 Å². The van der Waals surface area contributed by atoms with E-state index in [2.05, 4.69) is 10.3 Å². The molecule has 0 saturated carbocycles. The van der Waals surface area contributed by atoms with Crippen LogP contribution in [0.5, 0.6) is 11.5 Å². The van der Waals surface area contributed by atoms with E-state index in [0.29, 0.717) is 30.2 Å². The first-order chi connectivity index (χ1) is 16.6. The van der Waals surface area contributed by atoms with E-state index in [-0.39, 0.29) is 23.7 Å². The third-order valence-corrected chi connectivity index (χ3v) is 5.72. The number of ether oxygens (including phenoxy) is 1. The Hall–Kier alpha value is -4.26. The Morgan fingerprint density at radius 2 is 1.50 bits per heavy atom. The first-order valence-electron chi connectivity index (χ1n) is 10.9. The highest BCUT2D eigenvalue weighted by Crippen LogP contribution is 2.35. The fourth-order valence-electron chi connectivity index (χ4n) is 4.10. The van der Waals surface area contributed by atoms with Gasteiger partial charge in [0.1, 0.15) is 23.1 Å². The first kappa shape index (κ1) is 21.6. The fourth-order valence-corrected chi connectivity index (χ4v) is 4.10. The van der Waals surface area contributed by atoms with Gasteiger partial charge in [0.15, 0.2) is 0 Å². The van der Waals surface area contributed by atoms with E-state index in [1.807, 2.05) is 12.1 Å². The maximum absolute atomic E-state index is 13.5. The number of hydrogen-bond donors (Lipinski definition) is 1. The third-order valence-electron chi connectivity index (χ3n) is 5.72. The number of fused-ring (bicyclic) bond motifs is 1. The van der Waals surface area contributed by atoms with Crippen molar-refractivity contribution >= 4 is 11.7 Å². The highest BCUT2D eigenvalue weighted by Gasteiger charge is 2.32. The lowest BCUT2D eigenvalue weighted by molar-refractivity contribution is 0.193. The van der Waals surface area contributed by atoms with Crippen LogP contribution in [0.4, 0.5) is 19.3 Å². The van der Waals surface area contributed by atoms with Gasteiger partial charge in [-0.25, -0.2) is 13.6 Å². The number of urea groups is 1. The van der Waals surface area contributed by atoms with Gasteiger partial charge in [0.2, 0.25) is 0 Å². The predicted octanol–water partition coefficient (Wildman–Crippen LogP) is 6.33. The van der Waals surface area contributed by atoms with E-state index in [9.17, 15) is 13.6 Å². The van der Waals surface area contributed by atoms with E-state index in [1.165, 1.54) is 24.3 Å². The van der Waals surface area contributed by atoms with Gasteiger partial charge in [-0.1, -0.05) is 18.2 Å². The lowest BCUT2D eigenvalue weighted by atomic mass is 9.91. The molecule has 4 aromatic rings. The zero-order valence-electron chi connectivity index (χ0n) is 18.1. The summed E-state index contributed by atoms with van der Waals surface area (Å²) in [5, 5.41) is 2.94. The maximum Gasteiger partial charge on any atom is 0.322 e. The van der Waals surface area contributed by atoms with Crippen molar-refractivity contribution in [3.63, 3.8) is 0 Å². The molecule has 0 radical (unpaired) electrons. The number of hydrogen-bond acceptors (Lipinski definition) is 3. The van der Waals surface area contributed by atoms with Gasteiger partial charge >= 0.3 is 6.03 Å². The summed E-state index contributed by atoms with van der Waals surface area (Å²) >= 11 is 0. The largest absolute Gasteiger partial charge is 0.457 e. The second-order valence-electron chi connectivity index (χ2n) is 7.95. The summed E-state index contributed by atoms with van der Waals surface area (Å²) in [6.07, 6.45) is 2.37. The van der Waals surface area contributed by atoms with Gasteiger partial charge in [-0.2, -0.15) is 0 Å². The summed E-state index contributed by atoms with van der Waals surface area (Å²) in [6.45, 7) is 0.476. The minimum atomic E-state index is -0.376. The summed E-state index contributed by atoms with van der Waals surface area (Å²) in [5.41, 5.74) is 3.28. The van der Waals surface area contributed by atoms with Crippen molar-refractivity contribution in [2.45, 2.75) is 12.5 Å². The van der Waals surface area contributed by atoms with Crippen LogP contribution in [-0.4, -0.2) is 22.5 Å². The summed E-state index contributed by atoms with van der Waals surface area (Å²) in [4.78, 5) is 19.5. The summed E-state index contributed by atoms with van der Waals surface area (Å²) in [6, 6.07) is 22.0. The molecule has 1 aliphatic rings. The van der Waals surface area contributed by atoms with E-state index < -0.39 is 0 Å². The molecule has 170 valence electrons. The molecular formula is C27H21F2N3O2. The number of amides is 2. The number of aromatic nitrogens is 1. The number of rotatable bonds is 4. The Kier molecular flexibility index (Phi) is 5.91. The van der Waals surface area contributed by atoms with Gasteiger partial charge in [0.05, 0.1) is 6.04 Å². The smallest absolute Gasteiger partial charge is 0.322 e. The minimum absolute atomic E-state index is 0.268. The minimum Gasteiger partial charge on any atom is -0.457 e. The molecule has 1 aliphatic heterocycles. The van der Waals surface area contributed by atoms with Crippen LogP contribution in [0.2, 0.25) is 0 Å². The molecule has 0 spiro atoms. The average molecular weight is 457 g/mol. The van der Waals surface area contributed by atoms with Crippen LogP contribution in [0.3, 0.4) is 0 Å². The van der Waals surface area contributed by atoms with Crippen LogP contribution in [0, 0.1) is 11.6 Å². The normalized spacial score (nSPS) is 14.9. The van der Waals surface area contributed by atoms with Gasteiger partial charge in [0, 0.05) is 36.1 Å². The van der Waals surface area contributed by atoms with Crippen LogP contribution >= 0.6 is 0 Å². The van der Waals surface area contributed by atoms with Crippen molar-refractivity contribution in [1.29, 1.82) is 0 Å². The van der Waals surface area contributed by atoms with Gasteiger partial charge in [0.25, 0.3) is 0 Å². The van der Waals surface area contributed by atoms with Gasteiger partial charge in [-0.05, 0) is 72.3 Å². The molecular weight excluding hydrogens is 436 g/mol.